The summed E-state index contributed by atoms with van der Waals surface area (Å²) in [7, 11) is 0. The second-order valence-electron chi connectivity index (χ2n) is 6.60. The molecular formula is C23H17ClFN3O2S. The van der Waals surface area contributed by atoms with Crippen molar-refractivity contribution in [1.29, 1.82) is 0 Å². The van der Waals surface area contributed by atoms with Crippen molar-refractivity contribution in [1.82, 2.24) is 15.3 Å². The molecule has 0 saturated carbocycles. The third-order valence-corrected chi connectivity index (χ3v) is 5.71. The Morgan fingerprint density at radius 3 is 2.71 bits per heavy atom. The Morgan fingerprint density at radius 1 is 1.13 bits per heavy atom. The Bertz CT molecular complexity index is 1200. The average Bonchev–Trinajstić information content (AvgIpc) is 3.28. The fraction of sp³-hybridized carbons (Fsp3) is 0.0870. The van der Waals surface area contributed by atoms with Gasteiger partial charge in [0.05, 0.1) is 0 Å². The molecule has 0 bridgehead atoms. The first-order valence-corrected chi connectivity index (χ1v) is 10.6. The molecule has 0 saturated heterocycles. The van der Waals surface area contributed by atoms with Crippen LogP contribution in [0.1, 0.15) is 21.6 Å². The van der Waals surface area contributed by atoms with Gasteiger partial charge in [0.2, 0.25) is 0 Å². The van der Waals surface area contributed by atoms with Crippen molar-refractivity contribution in [3.8, 4) is 16.3 Å². The molecule has 4 rings (SSSR count). The van der Waals surface area contributed by atoms with Crippen LogP contribution in [0.15, 0.2) is 72.4 Å². The lowest BCUT2D eigenvalue weighted by Crippen LogP contribution is -2.23. The largest absolute Gasteiger partial charge is 0.489 e. The van der Waals surface area contributed by atoms with Crippen molar-refractivity contribution in [2.75, 3.05) is 0 Å². The number of carbonyl (C=O) groups excluding carboxylic acids is 1. The Balaban J connectivity index is 1.41. The van der Waals surface area contributed by atoms with Crippen LogP contribution in [0.25, 0.3) is 10.6 Å². The molecule has 4 aromatic rings. The lowest BCUT2D eigenvalue weighted by atomic mass is 10.2. The van der Waals surface area contributed by atoms with E-state index in [9.17, 15) is 9.18 Å². The van der Waals surface area contributed by atoms with Crippen molar-refractivity contribution >= 4 is 28.8 Å². The number of pyridine rings is 1. The van der Waals surface area contributed by atoms with Gasteiger partial charge in [-0.05, 0) is 35.9 Å². The van der Waals surface area contributed by atoms with E-state index in [1.54, 1.807) is 36.0 Å². The van der Waals surface area contributed by atoms with Crippen molar-refractivity contribution in [3.05, 3.63) is 100 Å². The lowest BCUT2D eigenvalue weighted by Gasteiger charge is -2.09. The van der Waals surface area contributed by atoms with Crippen LogP contribution in [-0.4, -0.2) is 15.9 Å². The molecule has 0 fully saturated rings. The second-order valence-corrected chi connectivity index (χ2v) is 7.86. The maximum atomic E-state index is 14.7. The second kappa shape index (κ2) is 9.68. The smallest absolute Gasteiger partial charge is 0.271 e. The first kappa shape index (κ1) is 21.0. The molecule has 1 N–H and O–H groups in total. The maximum Gasteiger partial charge on any atom is 0.271 e. The molecule has 2 aromatic heterocycles. The number of nitrogens with one attached hydrogen (secondary N) is 1. The van der Waals surface area contributed by atoms with Gasteiger partial charge in [-0.3, -0.25) is 9.78 Å². The zero-order valence-corrected chi connectivity index (χ0v) is 17.8. The van der Waals surface area contributed by atoms with E-state index in [0.29, 0.717) is 27.9 Å². The number of carbonyl (C=O) groups is 1. The summed E-state index contributed by atoms with van der Waals surface area (Å²) in [5.74, 6) is -0.415. The van der Waals surface area contributed by atoms with E-state index >= 15 is 0 Å². The van der Waals surface area contributed by atoms with E-state index in [4.69, 9.17) is 16.3 Å². The summed E-state index contributed by atoms with van der Waals surface area (Å²) in [6.45, 7) is 0.595. The number of amides is 1. The Kier molecular flexibility index (Phi) is 6.54. The highest BCUT2D eigenvalue weighted by Gasteiger charge is 2.15. The molecule has 0 unspecified atom stereocenters. The zero-order chi connectivity index (χ0) is 21.6. The number of nitrogens with zero attached hydrogens (tertiary/aromatic N) is 2. The quantitative estimate of drug-likeness (QED) is 0.401. The van der Waals surface area contributed by atoms with Crippen molar-refractivity contribution in [3.63, 3.8) is 0 Å². The van der Waals surface area contributed by atoms with Gasteiger partial charge in [0.25, 0.3) is 5.91 Å². The first-order chi connectivity index (χ1) is 15.1. The van der Waals surface area contributed by atoms with E-state index in [1.165, 1.54) is 17.4 Å². The minimum absolute atomic E-state index is 0.234. The molecule has 1 amide bonds. The molecular weight excluding hydrogens is 437 g/mol. The number of ether oxygens (including phenoxy) is 1. The van der Waals surface area contributed by atoms with Gasteiger partial charge >= 0.3 is 0 Å². The van der Waals surface area contributed by atoms with Gasteiger partial charge in [-0.15, -0.1) is 11.3 Å². The van der Waals surface area contributed by atoms with Crippen LogP contribution in [0.4, 0.5) is 4.39 Å². The van der Waals surface area contributed by atoms with Gasteiger partial charge in [0, 0.05) is 46.5 Å². The van der Waals surface area contributed by atoms with Gasteiger partial charge < -0.3 is 10.1 Å². The summed E-state index contributed by atoms with van der Waals surface area (Å²) >= 11 is 7.32. The first-order valence-electron chi connectivity index (χ1n) is 9.39. The molecule has 0 spiro atoms. The number of benzene rings is 2. The lowest BCUT2D eigenvalue weighted by molar-refractivity contribution is 0.0946. The summed E-state index contributed by atoms with van der Waals surface area (Å²) < 4.78 is 20.3. The van der Waals surface area contributed by atoms with E-state index < -0.39 is 5.82 Å². The molecule has 0 radical (unpaired) electrons. The van der Waals surface area contributed by atoms with Gasteiger partial charge in [-0.2, -0.15) is 0 Å². The summed E-state index contributed by atoms with van der Waals surface area (Å²) in [5.41, 5.74) is 2.30. The van der Waals surface area contributed by atoms with Crippen LogP contribution in [0, 0.1) is 5.82 Å². The van der Waals surface area contributed by atoms with Gasteiger partial charge in [-0.1, -0.05) is 29.8 Å². The molecule has 31 heavy (non-hydrogen) atoms. The fourth-order valence-electron chi connectivity index (χ4n) is 2.81. The molecule has 0 atom stereocenters. The molecule has 8 heteroatoms. The van der Waals surface area contributed by atoms with Gasteiger partial charge in [0.1, 0.15) is 28.9 Å². The summed E-state index contributed by atoms with van der Waals surface area (Å²) in [5, 5.41) is 5.42. The Morgan fingerprint density at radius 2 is 1.94 bits per heavy atom. The molecule has 0 aliphatic rings. The molecule has 156 valence electrons. The third-order valence-electron chi connectivity index (χ3n) is 4.46. The predicted octanol–water partition coefficient (Wildman–Crippen LogP) is 5.51. The van der Waals surface area contributed by atoms with Crippen molar-refractivity contribution in [2.24, 2.45) is 0 Å². The number of halogens is 2. The molecule has 5 nitrogen and oxygen atoms in total. The van der Waals surface area contributed by atoms with Crippen LogP contribution in [0.2, 0.25) is 5.02 Å². The number of thiazole rings is 1. The maximum absolute atomic E-state index is 14.7. The predicted molar refractivity (Wildman–Crippen MR) is 119 cm³/mol. The summed E-state index contributed by atoms with van der Waals surface area (Å²) in [6.07, 6.45) is 3.32. The Labute approximate surface area is 187 Å². The summed E-state index contributed by atoms with van der Waals surface area (Å²) in [6, 6.07) is 15.5. The van der Waals surface area contributed by atoms with Gasteiger partial charge in [0.15, 0.2) is 0 Å². The number of hydrogen-bond acceptors (Lipinski definition) is 5. The fourth-order valence-corrected chi connectivity index (χ4v) is 3.83. The van der Waals surface area contributed by atoms with Crippen LogP contribution in [0.3, 0.4) is 0 Å². The Hall–Kier alpha value is -3.29. The standard InChI is InChI=1S/C23H17ClFN3O2S/c24-19-4-2-1-3-16(19)13-30-17-5-6-18(20(25)11-17)23-28-21(14-31-23)22(29)27-12-15-7-9-26-10-8-15/h1-11,14H,12-13H2,(H,27,29). The van der Waals surface area contributed by atoms with E-state index in [0.717, 1.165) is 11.1 Å². The molecule has 2 aromatic carbocycles. The molecule has 0 aliphatic heterocycles. The monoisotopic (exact) mass is 453 g/mol. The minimum Gasteiger partial charge on any atom is -0.489 e. The number of aromatic nitrogens is 2. The number of rotatable bonds is 7. The highest BCUT2D eigenvalue weighted by molar-refractivity contribution is 7.13. The van der Waals surface area contributed by atoms with Crippen molar-refractivity contribution < 1.29 is 13.9 Å². The zero-order valence-electron chi connectivity index (χ0n) is 16.2. The molecule has 2 heterocycles. The van der Waals surface area contributed by atoms with Crippen LogP contribution >= 0.6 is 22.9 Å². The SMILES string of the molecule is O=C(NCc1ccncc1)c1csc(-c2ccc(OCc3ccccc3Cl)cc2F)n1. The van der Waals surface area contributed by atoms with E-state index in [2.05, 4.69) is 15.3 Å². The third kappa shape index (κ3) is 5.25. The average molecular weight is 454 g/mol. The molecule has 0 aliphatic carbocycles. The van der Waals surface area contributed by atoms with Crippen molar-refractivity contribution in [2.45, 2.75) is 13.2 Å². The van der Waals surface area contributed by atoms with Crippen LogP contribution in [0.5, 0.6) is 5.75 Å². The summed E-state index contributed by atoms with van der Waals surface area (Å²) in [4.78, 5) is 20.6. The van der Waals surface area contributed by atoms with Crippen LogP contribution < -0.4 is 10.1 Å². The minimum atomic E-state index is -0.477. The highest BCUT2D eigenvalue weighted by Crippen LogP contribution is 2.29. The topological polar surface area (TPSA) is 64.1 Å². The van der Waals surface area contributed by atoms with E-state index in [1.807, 2.05) is 30.3 Å². The van der Waals surface area contributed by atoms with Crippen LogP contribution in [-0.2, 0) is 13.2 Å². The highest BCUT2D eigenvalue weighted by atomic mass is 35.5. The van der Waals surface area contributed by atoms with E-state index in [-0.39, 0.29) is 18.2 Å². The van der Waals surface area contributed by atoms with Gasteiger partial charge in [-0.25, -0.2) is 9.37 Å². The number of hydrogen-bond donors (Lipinski definition) is 1. The normalized spacial score (nSPS) is 10.6.